The Morgan fingerprint density at radius 3 is 2.55 bits per heavy atom. The topological polar surface area (TPSA) is 326 Å². The van der Waals surface area contributed by atoms with Crippen molar-refractivity contribution in [3.8, 4) is 0 Å². The number of nitrogen functional groups attached to an aromatic ring is 1. The minimum atomic E-state index is -5.79. The highest BCUT2D eigenvalue weighted by Crippen LogP contribution is 2.66. The quantitative estimate of drug-likeness (QED) is 0.104. The number of fused-ring (bicyclic) bond motifs is 1. The zero-order chi connectivity index (χ0) is 28.5. The Morgan fingerprint density at radius 2 is 1.92 bits per heavy atom. The molecular weight excluding hydrogens is 603 g/mol. The van der Waals surface area contributed by atoms with E-state index < -0.39 is 60.7 Å². The number of anilines is 1. The Kier molecular flexibility index (Phi) is 9.45. The molecule has 3 heterocycles. The van der Waals surface area contributed by atoms with E-state index in [-0.39, 0.29) is 34.8 Å². The number of carbonyl (C=O) groups is 1. The number of imidazole rings is 1. The van der Waals surface area contributed by atoms with Crippen molar-refractivity contribution in [1.29, 1.82) is 0 Å². The third kappa shape index (κ3) is 7.84. The zero-order valence-corrected chi connectivity index (χ0v) is 22.2. The van der Waals surface area contributed by atoms with Crippen LogP contribution in [-0.4, -0.2) is 88.3 Å². The van der Waals surface area contributed by atoms with Crippen molar-refractivity contribution in [3.63, 3.8) is 0 Å². The molecule has 214 valence electrons. The first-order chi connectivity index (χ1) is 17.5. The van der Waals surface area contributed by atoms with Crippen molar-refractivity contribution in [2.75, 3.05) is 25.4 Å². The van der Waals surface area contributed by atoms with Crippen LogP contribution in [0.25, 0.3) is 11.2 Å². The second-order valence-corrected chi connectivity index (χ2v) is 12.1. The molecular formula is C13H22N7O14P3S. The molecule has 1 saturated heterocycles. The van der Waals surface area contributed by atoms with E-state index in [1.54, 1.807) is 0 Å². The predicted octanol–water partition coefficient (Wildman–Crippen LogP) is -1.27. The van der Waals surface area contributed by atoms with Gasteiger partial charge in [0.05, 0.1) is 12.9 Å². The van der Waals surface area contributed by atoms with Crippen LogP contribution in [0.5, 0.6) is 0 Å². The van der Waals surface area contributed by atoms with E-state index in [2.05, 4.69) is 33.4 Å². The van der Waals surface area contributed by atoms with Gasteiger partial charge in [0.2, 0.25) is 0 Å². The smallest absolute Gasteiger partial charge is 0.440 e. The molecule has 0 aromatic carbocycles. The van der Waals surface area contributed by atoms with E-state index in [0.717, 1.165) is 0 Å². The van der Waals surface area contributed by atoms with Crippen LogP contribution in [0, 0.1) is 4.64 Å². The van der Waals surface area contributed by atoms with Gasteiger partial charge in [0.25, 0.3) is 0 Å². The molecule has 3 rings (SSSR count). The molecule has 0 saturated carbocycles. The molecule has 25 heteroatoms. The minimum Gasteiger partial charge on any atom is -0.440 e. The van der Waals surface area contributed by atoms with E-state index in [4.69, 9.17) is 42.9 Å². The maximum absolute atomic E-state index is 12.1. The summed E-state index contributed by atoms with van der Waals surface area (Å²) >= 11 is 5.09. The summed E-state index contributed by atoms with van der Waals surface area (Å²) in [5, 5.41) is 13.2. The second-order valence-electron chi connectivity index (χ2n) is 7.30. The summed E-state index contributed by atoms with van der Waals surface area (Å²) < 4.78 is 58.3. The number of nitrogens with zero attached hydrogens (tertiary/aromatic N) is 3. The number of aromatic nitrogens is 4. The van der Waals surface area contributed by atoms with Crippen LogP contribution in [0.4, 0.5) is 10.7 Å². The van der Waals surface area contributed by atoms with E-state index in [1.165, 1.54) is 10.9 Å². The number of amides is 1. The molecule has 2 aromatic heterocycles. The summed E-state index contributed by atoms with van der Waals surface area (Å²) in [7, 11) is -17.0. The van der Waals surface area contributed by atoms with Gasteiger partial charge in [-0.15, -0.1) is 0 Å². The van der Waals surface area contributed by atoms with E-state index in [0.29, 0.717) is 0 Å². The lowest BCUT2D eigenvalue weighted by Gasteiger charge is -2.22. The normalized spacial score (nSPS) is 25.1. The average Bonchev–Trinajstić information content (AvgIpc) is 3.29. The van der Waals surface area contributed by atoms with Gasteiger partial charge in [0.1, 0.15) is 23.4 Å². The number of aliphatic hydroxyl groups is 1. The first-order valence-electron chi connectivity index (χ1n) is 10.0. The van der Waals surface area contributed by atoms with Crippen LogP contribution in [0.15, 0.2) is 6.33 Å². The second kappa shape index (κ2) is 11.7. The van der Waals surface area contributed by atoms with Crippen molar-refractivity contribution in [2.45, 2.75) is 24.5 Å². The molecule has 1 aliphatic heterocycles. The van der Waals surface area contributed by atoms with Gasteiger partial charge in [0, 0.05) is 13.1 Å². The molecule has 11 N–H and O–H groups in total. The SMILES string of the molecule is NCCNC(=O)O[C@H]1[C@@H](O)[C@H](n2cnc3c(=S)nc(N)[nH]c32)O[C@@H]1COP(=O)(O)OP(=O)(O)OP(=O)(O)O. The van der Waals surface area contributed by atoms with Crippen LogP contribution in [0.1, 0.15) is 6.23 Å². The summed E-state index contributed by atoms with van der Waals surface area (Å²) in [6.07, 6.45) is -6.08. The lowest BCUT2D eigenvalue weighted by molar-refractivity contribution is -0.0508. The van der Waals surface area contributed by atoms with E-state index in [9.17, 15) is 33.4 Å². The highest BCUT2D eigenvalue weighted by Gasteiger charge is 2.49. The van der Waals surface area contributed by atoms with Crippen LogP contribution in [0.3, 0.4) is 0 Å². The molecule has 0 radical (unpaired) electrons. The fraction of sp³-hybridized carbons (Fsp3) is 0.538. The lowest BCUT2D eigenvalue weighted by atomic mass is 10.1. The molecule has 1 aliphatic rings. The zero-order valence-electron chi connectivity index (χ0n) is 18.7. The van der Waals surface area contributed by atoms with Gasteiger partial charge < -0.3 is 55.9 Å². The fourth-order valence-corrected chi connectivity index (χ4v) is 6.46. The largest absolute Gasteiger partial charge is 0.490 e. The third-order valence-corrected chi connectivity index (χ3v) is 8.61. The van der Waals surface area contributed by atoms with Crippen LogP contribution in [-0.2, 0) is 36.3 Å². The maximum atomic E-state index is 12.1. The number of phosphoric ester groups is 1. The first kappa shape index (κ1) is 30.7. The number of carbonyl (C=O) groups excluding carboxylic acids is 1. The number of phosphoric acid groups is 3. The number of aliphatic hydroxyl groups excluding tert-OH is 1. The number of H-pyrrole nitrogens is 1. The minimum absolute atomic E-state index is 0.00680. The van der Waals surface area contributed by atoms with E-state index >= 15 is 0 Å². The highest BCUT2D eigenvalue weighted by molar-refractivity contribution is 7.71. The van der Waals surface area contributed by atoms with Crippen molar-refractivity contribution in [3.05, 3.63) is 11.0 Å². The van der Waals surface area contributed by atoms with Gasteiger partial charge in [-0.3, -0.25) is 9.09 Å². The Morgan fingerprint density at radius 1 is 1.24 bits per heavy atom. The van der Waals surface area contributed by atoms with Crippen LogP contribution in [0.2, 0.25) is 0 Å². The molecule has 2 unspecified atom stereocenters. The van der Waals surface area contributed by atoms with Gasteiger partial charge in [-0.25, -0.2) is 28.5 Å². The summed E-state index contributed by atoms with van der Waals surface area (Å²) in [5.74, 6) is -0.102. The lowest BCUT2D eigenvalue weighted by Crippen LogP contribution is -2.42. The van der Waals surface area contributed by atoms with Gasteiger partial charge in [-0.05, 0) is 0 Å². The van der Waals surface area contributed by atoms with Crippen LogP contribution >= 0.6 is 35.7 Å². The maximum Gasteiger partial charge on any atom is 0.490 e. The van der Waals surface area contributed by atoms with E-state index in [1.807, 2.05) is 0 Å². The van der Waals surface area contributed by atoms with Crippen LogP contribution < -0.4 is 16.8 Å². The summed E-state index contributed by atoms with van der Waals surface area (Å²) in [6.45, 7) is -0.988. The molecule has 38 heavy (non-hydrogen) atoms. The summed E-state index contributed by atoms with van der Waals surface area (Å²) in [6, 6.07) is 0. The monoisotopic (exact) mass is 625 g/mol. The van der Waals surface area contributed by atoms with Crippen molar-refractivity contribution in [2.24, 2.45) is 5.73 Å². The Bertz CT molecular complexity index is 1380. The van der Waals surface area contributed by atoms with Gasteiger partial charge in [-0.1, -0.05) is 12.2 Å². The predicted molar refractivity (Wildman–Crippen MR) is 124 cm³/mol. The number of alkyl carbamates (subject to hydrolysis) is 1. The molecule has 0 spiro atoms. The van der Waals surface area contributed by atoms with Gasteiger partial charge in [-0.2, -0.15) is 8.62 Å². The number of hydrogen-bond acceptors (Lipinski definition) is 15. The van der Waals surface area contributed by atoms with Gasteiger partial charge >= 0.3 is 29.6 Å². The van der Waals surface area contributed by atoms with Gasteiger partial charge in [0.15, 0.2) is 22.9 Å². The number of nitrogens with two attached hydrogens (primary N) is 2. The summed E-state index contributed by atoms with van der Waals surface area (Å²) in [5.41, 5.74) is 11.3. The first-order valence-corrected chi connectivity index (χ1v) is 14.9. The Balaban J connectivity index is 1.84. The number of aromatic amines is 1. The van der Waals surface area contributed by atoms with Crippen molar-refractivity contribution < 1.29 is 65.8 Å². The number of ether oxygens (including phenoxy) is 2. The molecule has 21 nitrogen and oxygen atoms in total. The third-order valence-electron chi connectivity index (χ3n) is 4.52. The van der Waals surface area contributed by atoms with Crippen molar-refractivity contribution >= 4 is 58.9 Å². The molecule has 1 fully saturated rings. The Hall–Kier alpha value is -1.87. The molecule has 1 amide bonds. The summed E-state index contributed by atoms with van der Waals surface area (Å²) in [4.78, 5) is 59.0. The standard InChI is InChI=1S/C13H22N7O14P3S/c14-1-2-16-13(22)32-8-5(3-30-36(26,27)34-37(28,29)33-35(23,24)25)31-11(7(8)21)20-4-17-6-9(20)18-12(15)19-10(6)38/h4-5,7-8,11,21H,1-3,14H2,(H,16,22)(H,26,27)(H,28,29)(H2,23,24,25)(H3,15,18,19,38)/t5-,7-,8-,11-/m1/s1. The molecule has 0 aliphatic carbocycles. The number of hydrogen-bond donors (Lipinski definition) is 9. The Labute approximate surface area is 216 Å². The fourth-order valence-electron chi connectivity index (χ4n) is 3.19. The van der Waals surface area contributed by atoms with Crippen molar-refractivity contribution in [1.82, 2.24) is 24.8 Å². The number of nitrogens with one attached hydrogen (secondary N) is 2. The molecule has 6 atom stereocenters. The average molecular weight is 625 g/mol. The molecule has 0 bridgehead atoms. The molecule has 2 aromatic rings. The number of rotatable bonds is 11. The highest BCUT2D eigenvalue weighted by atomic mass is 32.1.